The predicted molar refractivity (Wildman–Crippen MR) is 81.4 cm³/mol. The van der Waals surface area contributed by atoms with E-state index < -0.39 is 24.7 Å². The van der Waals surface area contributed by atoms with E-state index in [9.17, 15) is 22.8 Å². The van der Waals surface area contributed by atoms with Crippen LogP contribution in [-0.4, -0.2) is 47.0 Å². The minimum absolute atomic E-state index is 0.351. The number of nitrogens with zero attached hydrogens (tertiary/aromatic N) is 1. The van der Waals surface area contributed by atoms with Crippen LogP contribution in [-0.2, 0) is 4.79 Å². The largest absolute Gasteiger partial charge is 0.405 e. The minimum atomic E-state index is -4.47. The van der Waals surface area contributed by atoms with Gasteiger partial charge in [0.2, 0.25) is 5.91 Å². The number of aromatic nitrogens is 1. The van der Waals surface area contributed by atoms with Gasteiger partial charge in [-0.05, 0) is 36.4 Å². The molecule has 2 heterocycles. The van der Waals surface area contributed by atoms with E-state index in [4.69, 9.17) is 0 Å². The summed E-state index contributed by atoms with van der Waals surface area (Å²) in [5.74, 6) is -1.12. The number of likely N-dealkylation sites (tertiary alicyclic amines) is 1. The van der Waals surface area contributed by atoms with E-state index >= 15 is 0 Å². The SMILES string of the molecule is O=C(NCC(F)(F)F)C1CCCN1C(=O)c1ccc2cc[nH]c2c1. The first kappa shape index (κ1) is 16.4. The summed E-state index contributed by atoms with van der Waals surface area (Å²) in [5, 5.41) is 2.81. The second-order valence-electron chi connectivity index (χ2n) is 5.77. The van der Waals surface area contributed by atoms with Gasteiger partial charge >= 0.3 is 6.18 Å². The molecule has 1 atom stereocenters. The number of fused-ring (bicyclic) bond motifs is 1. The molecule has 1 saturated heterocycles. The first-order valence-electron chi connectivity index (χ1n) is 7.58. The van der Waals surface area contributed by atoms with Crippen LogP contribution in [0.3, 0.4) is 0 Å². The summed E-state index contributed by atoms with van der Waals surface area (Å²) in [4.78, 5) is 29.0. The number of nitrogens with one attached hydrogen (secondary N) is 2. The molecule has 24 heavy (non-hydrogen) atoms. The number of benzene rings is 1. The van der Waals surface area contributed by atoms with Crippen molar-refractivity contribution in [1.82, 2.24) is 15.2 Å². The Balaban J connectivity index is 1.74. The summed E-state index contributed by atoms with van der Waals surface area (Å²) in [6, 6.07) is 6.13. The molecule has 0 saturated carbocycles. The Morgan fingerprint density at radius 3 is 2.83 bits per heavy atom. The van der Waals surface area contributed by atoms with E-state index in [1.165, 1.54) is 4.90 Å². The van der Waals surface area contributed by atoms with Crippen molar-refractivity contribution >= 4 is 22.7 Å². The fraction of sp³-hybridized carbons (Fsp3) is 0.375. The summed E-state index contributed by atoms with van der Waals surface area (Å²) in [7, 11) is 0. The van der Waals surface area contributed by atoms with Crippen molar-refractivity contribution in [3.05, 3.63) is 36.0 Å². The molecule has 2 aromatic rings. The molecule has 1 unspecified atom stereocenters. The van der Waals surface area contributed by atoms with Crippen molar-refractivity contribution in [1.29, 1.82) is 0 Å². The van der Waals surface area contributed by atoms with Gasteiger partial charge in [0.1, 0.15) is 12.6 Å². The number of hydrogen-bond donors (Lipinski definition) is 2. The van der Waals surface area contributed by atoms with Gasteiger partial charge in [0.15, 0.2) is 0 Å². The zero-order valence-corrected chi connectivity index (χ0v) is 12.7. The third-order valence-corrected chi connectivity index (χ3v) is 4.08. The predicted octanol–water partition coefficient (Wildman–Crippen LogP) is 2.45. The molecule has 0 aliphatic carbocycles. The molecule has 1 fully saturated rings. The molecule has 1 aromatic carbocycles. The van der Waals surface area contributed by atoms with Crippen molar-refractivity contribution in [3.8, 4) is 0 Å². The second kappa shape index (κ2) is 6.18. The molecule has 8 heteroatoms. The topological polar surface area (TPSA) is 65.2 Å². The molecule has 5 nitrogen and oxygen atoms in total. The number of hydrogen-bond acceptors (Lipinski definition) is 2. The summed E-state index contributed by atoms with van der Waals surface area (Å²) in [6.07, 6.45) is -1.77. The normalized spacial score (nSPS) is 18.1. The number of alkyl halides is 3. The summed E-state index contributed by atoms with van der Waals surface area (Å²) in [5.41, 5.74) is 1.19. The number of amides is 2. The number of carbonyl (C=O) groups excluding carboxylic acids is 2. The molecule has 3 rings (SSSR count). The van der Waals surface area contributed by atoms with Crippen molar-refractivity contribution in [2.75, 3.05) is 13.1 Å². The maximum absolute atomic E-state index is 12.6. The fourth-order valence-electron chi connectivity index (χ4n) is 2.93. The number of aromatic amines is 1. The standard InChI is InChI=1S/C16H16F3N3O2/c17-16(18,19)9-21-14(23)13-2-1-7-22(13)15(24)11-4-3-10-5-6-20-12(10)8-11/h3-6,8,13,20H,1-2,7,9H2,(H,21,23). The molecule has 2 N–H and O–H groups in total. The Morgan fingerprint density at radius 2 is 2.08 bits per heavy atom. The highest BCUT2D eigenvalue weighted by Gasteiger charge is 2.36. The Kier molecular flexibility index (Phi) is 4.21. The van der Waals surface area contributed by atoms with Crippen molar-refractivity contribution < 1.29 is 22.8 Å². The number of halogens is 3. The Hall–Kier alpha value is -2.51. The van der Waals surface area contributed by atoms with E-state index in [0.29, 0.717) is 24.9 Å². The Labute approximate surface area is 135 Å². The molecule has 0 spiro atoms. The zero-order chi connectivity index (χ0) is 17.3. The Bertz CT molecular complexity index is 769. The van der Waals surface area contributed by atoms with Gasteiger partial charge in [-0.1, -0.05) is 6.07 Å². The second-order valence-corrected chi connectivity index (χ2v) is 5.77. The summed E-state index contributed by atoms with van der Waals surface area (Å²) in [6.45, 7) is -1.04. The van der Waals surface area contributed by atoms with Crippen molar-refractivity contribution in [2.45, 2.75) is 25.1 Å². The van der Waals surface area contributed by atoms with Gasteiger partial charge in [0.25, 0.3) is 5.91 Å². The molecule has 1 aliphatic heterocycles. The highest BCUT2D eigenvalue weighted by molar-refractivity contribution is 6.00. The molecule has 128 valence electrons. The summed E-state index contributed by atoms with van der Waals surface area (Å²) < 4.78 is 36.7. The molecule has 1 aromatic heterocycles. The lowest BCUT2D eigenvalue weighted by Crippen LogP contribution is -2.48. The van der Waals surface area contributed by atoms with Crippen LogP contribution in [0, 0.1) is 0 Å². The summed E-state index contributed by atoms with van der Waals surface area (Å²) >= 11 is 0. The van der Waals surface area contributed by atoms with Crippen LogP contribution in [0.2, 0.25) is 0 Å². The van der Waals surface area contributed by atoms with Crippen molar-refractivity contribution in [3.63, 3.8) is 0 Å². The van der Waals surface area contributed by atoms with Gasteiger partial charge in [0, 0.05) is 23.8 Å². The maximum atomic E-state index is 12.6. The zero-order valence-electron chi connectivity index (χ0n) is 12.7. The Morgan fingerprint density at radius 1 is 1.29 bits per heavy atom. The van der Waals surface area contributed by atoms with Crippen molar-refractivity contribution in [2.24, 2.45) is 0 Å². The van der Waals surface area contributed by atoms with E-state index in [-0.39, 0.29) is 5.91 Å². The first-order valence-corrected chi connectivity index (χ1v) is 7.58. The van der Waals surface area contributed by atoms with E-state index in [1.807, 2.05) is 11.4 Å². The molecule has 2 amide bonds. The van der Waals surface area contributed by atoms with E-state index in [1.54, 1.807) is 24.4 Å². The monoisotopic (exact) mass is 339 g/mol. The van der Waals surface area contributed by atoms with E-state index in [2.05, 4.69) is 4.98 Å². The van der Waals surface area contributed by atoms with Crippen LogP contribution in [0.15, 0.2) is 30.5 Å². The van der Waals surface area contributed by atoms with Crippen LogP contribution in [0.4, 0.5) is 13.2 Å². The number of rotatable bonds is 3. The molecular weight excluding hydrogens is 323 g/mol. The lowest BCUT2D eigenvalue weighted by molar-refractivity contribution is -0.140. The highest BCUT2D eigenvalue weighted by atomic mass is 19.4. The average Bonchev–Trinajstić information content (AvgIpc) is 3.19. The molecule has 0 bridgehead atoms. The third-order valence-electron chi connectivity index (χ3n) is 4.08. The molecular formula is C16H16F3N3O2. The lowest BCUT2D eigenvalue weighted by Gasteiger charge is -2.24. The van der Waals surface area contributed by atoms with Gasteiger partial charge in [0.05, 0.1) is 0 Å². The highest BCUT2D eigenvalue weighted by Crippen LogP contribution is 2.23. The lowest BCUT2D eigenvalue weighted by atomic mass is 10.1. The first-order chi connectivity index (χ1) is 11.3. The fourth-order valence-corrected chi connectivity index (χ4v) is 2.93. The smallest absolute Gasteiger partial charge is 0.361 e. The quantitative estimate of drug-likeness (QED) is 0.902. The van der Waals surface area contributed by atoms with Crippen LogP contribution < -0.4 is 5.32 Å². The number of carbonyl (C=O) groups is 2. The molecule has 1 aliphatic rings. The molecule has 0 radical (unpaired) electrons. The maximum Gasteiger partial charge on any atom is 0.405 e. The van der Waals surface area contributed by atoms with Gasteiger partial charge in [-0.25, -0.2) is 0 Å². The van der Waals surface area contributed by atoms with E-state index in [0.717, 1.165) is 10.9 Å². The third kappa shape index (κ3) is 3.37. The van der Waals surface area contributed by atoms with Crippen LogP contribution in [0.25, 0.3) is 10.9 Å². The number of H-pyrrole nitrogens is 1. The van der Waals surface area contributed by atoms with Crippen LogP contribution >= 0.6 is 0 Å². The van der Waals surface area contributed by atoms with Crippen LogP contribution in [0.5, 0.6) is 0 Å². The van der Waals surface area contributed by atoms with Gasteiger partial charge < -0.3 is 15.2 Å². The average molecular weight is 339 g/mol. The van der Waals surface area contributed by atoms with Crippen LogP contribution in [0.1, 0.15) is 23.2 Å². The minimum Gasteiger partial charge on any atom is -0.361 e. The van der Waals surface area contributed by atoms with Gasteiger partial charge in [-0.2, -0.15) is 13.2 Å². The van der Waals surface area contributed by atoms with Gasteiger partial charge in [-0.3, -0.25) is 9.59 Å². The van der Waals surface area contributed by atoms with Gasteiger partial charge in [-0.15, -0.1) is 0 Å².